The van der Waals surface area contributed by atoms with Gasteiger partial charge in [-0.2, -0.15) is 0 Å². The van der Waals surface area contributed by atoms with Crippen molar-refractivity contribution in [3.8, 4) is 0 Å². The Morgan fingerprint density at radius 2 is 2.15 bits per heavy atom. The third kappa shape index (κ3) is 6.54. The zero-order chi connectivity index (χ0) is 10.3. The Hall–Kier alpha value is -0.610. The van der Waals surface area contributed by atoms with E-state index in [4.69, 9.17) is 10.5 Å². The summed E-state index contributed by atoms with van der Waals surface area (Å²) in [5.41, 5.74) is 5.37. The van der Waals surface area contributed by atoms with Crippen LogP contribution in [0.25, 0.3) is 0 Å². The number of nitrogens with one attached hydrogen (secondary N) is 1. The average Bonchev–Trinajstić information content (AvgIpc) is 2.04. The molecule has 0 aliphatic rings. The van der Waals surface area contributed by atoms with E-state index in [1.54, 1.807) is 7.11 Å². The van der Waals surface area contributed by atoms with Crippen LogP contribution in [0.15, 0.2) is 0 Å². The highest BCUT2D eigenvalue weighted by atomic mass is 16.5. The zero-order valence-corrected chi connectivity index (χ0v) is 8.67. The molecule has 0 saturated carbocycles. The second-order valence-corrected chi connectivity index (χ2v) is 3.47. The minimum Gasteiger partial charge on any atom is -0.384 e. The summed E-state index contributed by atoms with van der Waals surface area (Å²) in [6.45, 7) is 4.96. The van der Waals surface area contributed by atoms with Crippen molar-refractivity contribution in [2.45, 2.75) is 26.3 Å². The molecule has 0 radical (unpaired) electrons. The summed E-state index contributed by atoms with van der Waals surface area (Å²) in [5, 5.41) is 2.80. The molecule has 0 rings (SSSR count). The second kappa shape index (κ2) is 6.86. The SMILES string of the molecule is COCC(C)CC(=O)N[C@H](C)CN. The molecule has 0 aromatic carbocycles. The lowest BCUT2D eigenvalue weighted by Gasteiger charge is -2.14. The lowest BCUT2D eigenvalue weighted by atomic mass is 10.1. The maximum atomic E-state index is 11.3. The van der Waals surface area contributed by atoms with Gasteiger partial charge in [-0.15, -0.1) is 0 Å². The molecule has 3 N–H and O–H groups in total. The van der Waals surface area contributed by atoms with Crippen molar-refractivity contribution in [2.24, 2.45) is 11.7 Å². The van der Waals surface area contributed by atoms with E-state index in [0.29, 0.717) is 19.6 Å². The van der Waals surface area contributed by atoms with Crippen LogP contribution in [0.3, 0.4) is 0 Å². The molecule has 0 aliphatic carbocycles. The first-order valence-electron chi connectivity index (χ1n) is 4.58. The third-order valence-corrected chi connectivity index (χ3v) is 1.75. The van der Waals surface area contributed by atoms with Crippen LogP contribution in [0.1, 0.15) is 20.3 Å². The van der Waals surface area contributed by atoms with Gasteiger partial charge in [-0.05, 0) is 12.8 Å². The number of hydrogen-bond donors (Lipinski definition) is 2. The molecule has 0 bridgehead atoms. The summed E-state index contributed by atoms with van der Waals surface area (Å²) in [6.07, 6.45) is 0.498. The van der Waals surface area contributed by atoms with Crippen LogP contribution in [0, 0.1) is 5.92 Å². The molecule has 0 heterocycles. The molecule has 0 aromatic rings. The fourth-order valence-corrected chi connectivity index (χ4v) is 1.05. The Kier molecular flexibility index (Phi) is 6.54. The second-order valence-electron chi connectivity index (χ2n) is 3.47. The van der Waals surface area contributed by atoms with Gasteiger partial charge in [0.15, 0.2) is 0 Å². The van der Waals surface area contributed by atoms with Gasteiger partial charge < -0.3 is 15.8 Å². The van der Waals surface area contributed by atoms with E-state index in [1.807, 2.05) is 13.8 Å². The average molecular weight is 188 g/mol. The third-order valence-electron chi connectivity index (χ3n) is 1.75. The minimum absolute atomic E-state index is 0.0440. The van der Waals surface area contributed by atoms with E-state index in [2.05, 4.69) is 5.32 Å². The zero-order valence-electron chi connectivity index (χ0n) is 8.67. The van der Waals surface area contributed by atoms with Gasteiger partial charge in [-0.3, -0.25) is 4.79 Å². The quantitative estimate of drug-likeness (QED) is 0.622. The summed E-state index contributed by atoms with van der Waals surface area (Å²) in [6, 6.07) is 0.0576. The lowest BCUT2D eigenvalue weighted by molar-refractivity contribution is -0.122. The Balaban J connectivity index is 3.61. The molecule has 0 fully saturated rings. The van der Waals surface area contributed by atoms with Gasteiger partial charge in [0.2, 0.25) is 5.91 Å². The molecular weight excluding hydrogens is 168 g/mol. The van der Waals surface area contributed by atoms with Crippen LogP contribution in [0.2, 0.25) is 0 Å². The highest BCUT2D eigenvalue weighted by Crippen LogP contribution is 2.01. The van der Waals surface area contributed by atoms with Crippen LogP contribution in [-0.4, -0.2) is 32.2 Å². The van der Waals surface area contributed by atoms with Crippen molar-refractivity contribution in [1.82, 2.24) is 5.32 Å². The Morgan fingerprint density at radius 1 is 1.54 bits per heavy atom. The van der Waals surface area contributed by atoms with Gasteiger partial charge >= 0.3 is 0 Å². The largest absolute Gasteiger partial charge is 0.384 e. The highest BCUT2D eigenvalue weighted by Gasteiger charge is 2.10. The summed E-state index contributed by atoms with van der Waals surface area (Å²) in [5.74, 6) is 0.303. The Morgan fingerprint density at radius 3 is 2.62 bits per heavy atom. The predicted molar refractivity (Wildman–Crippen MR) is 52.3 cm³/mol. The first-order chi connectivity index (χ1) is 6.10. The van der Waals surface area contributed by atoms with Crippen LogP contribution in [0.5, 0.6) is 0 Å². The predicted octanol–water partition coefficient (Wildman–Crippen LogP) is 0.122. The number of methoxy groups -OCH3 is 1. The van der Waals surface area contributed by atoms with Crippen LogP contribution < -0.4 is 11.1 Å². The summed E-state index contributed by atoms with van der Waals surface area (Å²) in [7, 11) is 1.64. The summed E-state index contributed by atoms with van der Waals surface area (Å²) >= 11 is 0. The van der Waals surface area contributed by atoms with Crippen molar-refractivity contribution in [1.29, 1.82) is 0 Å². The van der Waals surface area contributed by atoms with Gasteiger partial charge in [-0.25, -0.2) is 0 Å². The topological polar surface area (TPSA) is 64.3 Å². The maximum absolute atomic E-state index is 11.3. The van der Waals surface area contributed by atoms with Gasteiger partial charge in [0.25, 0.3) is 0 Å². The number of hydrogen-bond acceptors (Lipinski definition) is 3. The highest BCUT2D eigenvalue weighted by molar-refractivity contribution is 5.76. The number of carbonyl (C=O) groups is 1. The molecule has 0 saturated heterocycles. The maximum Gasteiger partial charge on any atom is 0.220 e. The van der Waals surface area contributed by atoms with Crippen LogP contribution in [-0.2, 0) is 9.53 Å². The van der Waals surface area contributed by atoms with Crippen molar-refractivity contribution >= 4 is 5.91 Å². The molecule has 4 nitrogen and oxygen atoms in total. The summed E-state index contributed by atoms with van der Waals surface area (Å²) < 4.78 is 4.93. The van der Waals surface area contributed by atoms with Gasteiger partial charge in [0.05, 0.1) is 0 Å². The summed E-state index contributed by atoms with van der Waals surface area (Å²) in [4.78, 5) is 11.3. The van der Waals surface area contributed by atoms with Crippen molar-refractivity contribution in [2.75, 3.05) is 20.3 Å². The monoisotopic (exact) mass is 188 g/mol. The van der Waals surface area contributed by atoms with Gasteiger partial charge in [0.1, 0.15) is 0 Å². The van der Waals surface area contributed by atoms with E-state index in [1.165, 1.54) is 0 Å². The number of carbonyl (C=O) groups excluding carboxylic acids is 1. The number of ether oxygens (including phenoxy) is 1. The molecular formula is C9H20N2O2. The fraction of sp³-hybridized carbons (Fsp3) is 0.889. The first kappa shape index (κ1) is 12.4. The lowest BCUT2D eigenvalue weighted by Crippen LogP contribution is -2.38. The van der Waals surface area contributed by atoms with Crippen molar-refractivity contribution < 1.29 is 9.53 Å². The first-order valence-corrected chi connectivity index (χ1v) is 4.58. The molecule has 2 atom stereocenters. The number of rotatable bonds is 6. The number of nitrogens with two attached hydrogens (primary N) is 1. The van der Waals surface area contributed by atoms with Crippen LogP contribution >= 0.6 is 0 Å². The minimum atomic E-state index is 0.0440. The van der Waals surface area contributed by atoms with Crippen molar-refractivity contribution in [3.63, 3.8) is 0 Å². The van der Waals surface area contributed by atoms with E-state index >= 15 is 0 Å². The van der Waals surface area contributed by atoms with Crippen LogP contribution in [0.4, 0.5) is 0 Å². The molecule has 1 amide bonds. The van der Waals surface area contributed by atoms with E-state index in [-0.39, 0.29) is 17.9 Å². The normalized spacial score (nSPS) is 15.1. The molecule has 0 aliphatic heterocycles. The Bertz CT molecular complexity index is 151. The molecule has 4 heteroatoms. The fourth-order valence-electron chi connectivity index (χ4n) is 1.05. The number of amides is 1. The molecule has 78 valence electrons. The molecule has 13 heavy (non-hydrogen) atoms. The van der Waals surface area contributed by atoms with Gasteiger partial charge in [-0.1, -0.05) is 6.92 Å². The molecule has 0 spiro atoms. The Labute approximate surface area is 79.8 Å². The van der Waals surface area contributed by atoms with E-state index in [0.717, 1.165) is 0 Å². The molecule has 0 aromatic heterocycles. The van der Waals surface area contributed by atoms with E-state index < -0.39 is 0 Å². The van der Waals surface area contributed by atoms with Crippen molar-refractivity contribution in [3.05, 3.63) is 0 Å². The van der Waals surface area contributed by atoms with Gasteiger partial charge in [0, 0.05) is 32.7 Å². The smallest absolute Gasteiger partial charge is 0.220 e. The van der Waals surface area contributed by atoms with E-state index in [9.17, 15) is 4.79 Å². The molecule has 1 unspecified atom stereocenters. The standard InChI is InChI=1S/C9H20N2O2/c1-7(6-13-3)4-9(12)11-8(2)5-10/h7-8H,4-6,10H2,1-3H3,(H,11,12)/t7?,8-/m1/s1.